The SMILES string of the molecule is C=CC(=O)NC1CCCN(S(=O)(=O)c2ccc(C(=O)NCCc3ccc(OC)cc3)cc2)CC1. The van der Waals surface area contributed by atoms with Crippen LogP contribution < -0.4 is 15.4 Å². The van der Waals surface area contributed by atoms with Crippen LogP contribution in [-0.4, -0.2) is 57.3 Å². The Balaban J connectivity index is 1.55. The number of nitrogens with zero attached hydrogens (tertiary/aromatic N) is 1. The van der Waals surface area contributed by atoms with E-state index in [9.17, 15) is 18.0 Å². The van der Waals surface area contributed by atoms with Crippen molar-refractivity contribution in [3.8, 4) is 5.75 Å². The van der Waals surface area contributed by atoms with Gasteiger partial charge in [-0.1, -0.05) is 18.7 Å². The number of hydrogen-bond donors (Lipinski definition) is 2. The highest BCUT2D eigenvalue weighted by atomic mass is 32.2. The molecule has 8 nitrogen and oxygen atoms in total. The van der Waals surface area contributed by atoms with E-state index in [1.54, 1.807) is 7.11 Å². The fourth-order valence-electron chi connectivity index (χ4n) is 3.86. The zero-order valence-corrected chi connectivity index (χ0v) is 20.1. The van der Waals surface area contributed by atoms with Crippen LogP contribution >= 0.6 is 0 Å². The van der Waals surface area contributed by atoms with Crippen molar-refractivity contribution in [3.63, 3.8) is 0 Å². The summed E-state index contributed by atoms with van der Waals surface area (Å²) >= 11 is 0. The first kappa shape index (κ1) is 25.5. The lowest BCUT2D eigenvalue weighted by molar-refractivity contribution is -0.117. The third-order valence-corrected chi connectivity index (χ3v) is 7.74. The molecule has 0 radical (unpaired) electrons. The summed E-state index contributed by atoms with van der Waals surface area (Å²) in [7, 11) is -2.07. The zero-order valence-electron chi connectivity index (χ0n) is 19.3. The van der Waals surface area contributed by atoms with E-state index in [1.807, 2.05) is 24.3 Å². The highest BCUT2D eigenvalue weighted by molar-refractivity contribution is 7.89. The van der Waals surface area contributed by atoms with Crippen LogP contribution in [0.2, 0.25) is 0 Å². The molecule has 2 amide bonds. The summed E-state index contributed by atoms with van der Waals surface area (Å²) in [6.45, 7) is 4.61. The molecule has 0 aromatic heterocycles. The van der Waals surface area contributed by atoms with Gasteiger partial charge in [0.2, 0.25) is 15.9 Å². The summed E-state index contributed by atoms with van der Waals surface area (Å²) in [5, 5.41) is 5.70. The first-order valence-electron chi connectivity index (χ1n) is 11.3. The number of rotatable bonds is 9. The summed E-state index contributed by atoms with van der Waals surface area (Å²) in [4.78, 5) is 24.2. The van der Waals surface area contributed by atoms with Crippen molar-refractivity contribution in [3.05, 3.63) is 72.3 Å². The van der Waals surface area contributed by atoms with Gasteiger partial charge in [-0.15, -0.1) is 0 Å². The van der Waals surface area contributed by atoms with E-state index in [0.717, 1.165) is 11.3 Å². The molecule has 1 fully saturated rings. The van der Waals surface area contributed by atoms with Crippen LogP contribution in [0.15, 0.2) is 66.1 Å². The fourth-order valence-corrected chi connectivity index (χ4v) is 5.35. The quantitative estimate of drug-likeness (QED) is 0.531. The number of carbonyl (C=O) groups is 2. The molecule has 0 spiro atoms. The summed E-state index contributed by atoms with van der Waals surface area (Å²) < 4.78 is 32.8. The summed E-state index contributed by atoms with van der Waals surface area (Å²) in [5.41, 5.74) is 1.48. The molecule has 2 N–H and O–H groups in total. The van der Waals surface area contributed by atoms with Crippen molar-refractivity contribution in [2.75, 3.05) is 26.7 Å². The van der Waals surface area contributed by atoms with Gasteiger partial charge >= 0.3 is 0 Å². The van der Waals surface area contributed by atoms with E-state index in [0.29, 0.717) is 50.9 Å². The van der Waals surface area contributed by atoms with Crippen LogP contribution in [0, 0.1) is 0 Å². The Kier molecular flexibility index (Phi) is 8.84. The van der Waals surface area contributed by atoms with Crippen LogP contribution in [0.25, 0.3) is 0 Å². The van der Waals surface area contributed by atoms with Gasteiger partial charge in [-0.2, -0.15) is 4.31 Å². The number of ether oxygens (including phenoxy) is 1. The second kappa shape index (κ2) is 11.8. The maximum atomic E-state index is 13.1. The highest BCUT2D eigenvalue weighted by Crippen LogP contribution is 2.21. The largest absolute Gasteiger partial charge is 0.497 e. The van der Waals surface area contributed by atoms with Crippen molar-refractivity contribution < 1.29 is 22.7 Å². The van der Waals surface area contributed by atoms with Gasteiger partial charge in [0.1, 0.15) is 5.75 Å². The van der Waals surface area contributed by atoms with Gasteiger partial charge in [0.25, 0.3) is 5.91 Å². The number of carbonyl (C=O) groups excluding carboxylic acids is 2. The third-order valence-electron chi connectivity index (χ3n) is 5.83. The second-order valence-corrected chi connectivity index (χ2v) is 10.1. The first-order valence-corrected chi connectivity index (χ1v) is 12.7. The number of sulfonamides is 1. The highest BCUT2D eigenvalue weighted by Gasteiger charge is 2.28. The first-order chi connectivity index (χ1) is 16.3. The van der Waals surface area contributed by atoms with E-state index in [1.165, 1.54) is 34.6 Å². The van der Waals surface area contributed by atoms with E-state index < -0.39 is 10.0 Å². The third kappa shape index (κ3) is 6.68. The molecule has 2 aromatic rings. The molecule has 1 aliphatic rings. The van der Waals surface area contributed by atoms with E-state index >= 15 is 0 Å². The molecule has 0 saturated carbocycles. The lowest BCUT2D eigenvalue weighted by Gasteiger charge is -2.20. The smallest absolute Gasteiger partial charge is 0.251 e. The lowest BCUT2D eigenvalue weighted by atomic mass is 10.1. The molecule has 1 unspecified atom stereocenters. The standard InChI is InChI=1S/C25H31N3O5S/c1-3-24(29)27-21-5-4-17-28(18-15-21)34(31,32)23-12-8-20(9-13-23)25(30)26-16-14-19-6-10-22(33-2)11-7-19/h3,6-13,21H,1,4-5,14-18H2,2H3,(H,26,30)(H,27,29). The van der Waals surface area contributed by atoms with Gasteiger partial charge < -0.3 is 15.4 Å². The number of nitrogens with one attached hydrogen (secondary N) is 2. The molecule has 0 aliphatic carbocycles. The average molecular weight is 486 g/mol. The monoisotopic (exact) mass is 485 g/mol. The van der Waals surface area contributed by atoms with Gasteiger partial charge in [-0.3, -0.25) is 9.59 Å². The van der Waals surface area contributed by atoms with E-state index in [2.05, 4.69) is 17.2 Å². The van der Waals surface area contributed by atoms with Crippen molar-refractivity contribution in [2.45, 2.75) is 36.6 Å². The topological polar surface area (TPSA) is 105 Å². The number of hydrogen-bond acceptors (Lipinski definition) is 5. The van der Waals surface area contributed by atoms with Crippen LogP contribution in [0.1, 0.15) is 35.2 Å². The molecule has 9 heteroatoms. The molecule has 1 atom stereocenters. The summed E-state index contributed by atoms with van der Waals surface area (Å²) in [5.74, 6) is 0.273. The minimum absolute atomic E-state index is 0.0744. The maximum Gasteiger partial charge on any atom is 0.251 e. The Morgan fingerprint density at radius 1 is 1.09 bits per heavy atom. The number of methoxy groups -OCH3 is 1. The molecule has 3 rings (SSSR count). The van der Waals surface area contributed by atoms with E-state index in [4.69, 9.17) is 4.74 Å². The Morgan fingerprint density at radius 3 is 2.44 bits per heavy atom. The van der Waals surface area contributed by atoms with Crippen molar-refractivity contribution in [1.29, 1.82) is 0 Å². The predicted molar refractivity (Wildman–Crippen MR) is 130 cm³/mol. The van der Waals surface area contributed by atoms with Crippen LogP contribution in [0.5, 0.6) is 5.75 Å². The molecule has 0 bridgehead atoms. The molecule has 1 aliphatic heterocycles. The fraction of sp³-hybridized carbons (Fsp3) is 0.360. The molecule has 1 heterocycles. The normalized spacial score (nSPS) is 16.8. The number of amides is 2. The minimum Gasteiger partial charge on any atom is -0.497 e. The molecule has 34 heavy (non-hydrogen) atoms. The average Bonchev–Trinajstić information content (AvgIpc) is 3.10. The van der Waals surface area contributed by atoms with Crippen molar-refractivity contribution >= 4 is 21.8 Å². The van der Waals surface area contributed by atoms with Gasteiger partial charge in [0.15, 0.2) is 0 Å². The van der Waals surface area contributed by atoms with Gasteiger partial charge in [-0.25, -0.2) is 8.42 Å². The molecule has 2 aromatic carbocycles. The van der Waals surface area contributed by atoms with Crippen molar-refractivity contribution in [2.24, 2.45) is 0 Å². The number of benzene rings is 2. The second-order valence-electron chi connectivity index (χ2n) is 8.12. The molecule has 182 valence electrons. The zero-order chi connectivity index (χ0) is 24.6. The summed E-state index contributed by atoms with van der Waals surface area (Å²) in [6.07, 6.45) is 3.78. The van der Waals surface area contributed by atoms with Crippen LogP contribution in [0.4, 0.5) is 0 Å². The van der Waals surface area contributed by atoms with Crippen LogP contribution in [-0.2, 0) is 21.2 Å². The lowest BCUT2D eigenvalue weighted by Crippen LogP contribution is -2.36. The molecule has 1 saturated heterocycles. The van der Waals surface area contributed by atoms with Crippen LogP contribution in [0.3, 0.4) is 0 Å². The Hall–Kier alpha value is -3.17. The van der Waals surface area contributed by atoms with Gasteiger partial charge in [-0.05, 0) is 73.7 Å². The molecular formula is C25H31N3O5S. The van der Waals surface area contributed by atoms with Crippen molar-refractivity contribution in [1.82, 2.24) is 14.9 Å². The Morgan fingerprint density at radius 2 is 1.79 bits per heavy atom. The minimum atomic E-state index is -3.69. The predicted octanol–water partition coefficient (Wildman–Crippen LogP) is 2.51. The summed E-state index contributed by atoms with van der Waals surface area (Å²) in [6, 6.07) is 13.6. The van der Waals surface area contributed by atoms with Gasteiger partial charge in [0.05, 0.1) is 12.0 Å². The Labute approximate surface area is 201 Å². The Bertz CT molecular complexity index is 1100. The van der Waals surface area contributed by atoms with E-state index in [-0.39, 0.29) is 22.8 Å². The maximum absolute atomic E-state index is 13.1. The molecular weight excluding hydrogens is 454 g/mol. The van der Waals surface area contributed by atoms with Gasteiger partial charge in [0, 0.05) is 31.2 Å².